The second-order valence-corrected chi connectivity index (χ2v) is 13.0. The lowest BCUT2D eigenvalue weighted by Crippen LogP contribution is -2.49. The van der Waals surface area contributed by atoms with E-state index in [1.54, 1.807) is 18.0 Å². The lowest BCUT2D eigenvalue weighted by atomic mass is 9.87. The average Bonchev–Trinajstić information content (AvgIpc) is 2.78. The van der Waals surface area contributed by atoms with Crippen molar-refractivity contribution in [3.8, 4) is 0 Å². The van der Waals surface area contributed by atoms with Crippen molar-refractivity contribution < 1.29 is 26.3 Å². The number of hydrogen-bond acceptors (Lipinski definition) is 8. The highest BCUT2D eigenvalue weighted by atomic mass is 32.2. The molecule has 0 amide bonds. The van der Waals surface area contributed by atoms with Gasteiger partial charge in [0.15, 0.2) is 0 Å². The van der Waals surface area contributed by atoms with Gasteiger partial charge in [-0.1, -0.05) is 19.3 Å². The molecule has 4 rings (SSSR count). The van der Waals surface area contributed by atoms with Crippen molar-refractivity contribution >= 4 is 33.4 Å². The Kier molecular flexibility index (Phi) is 7.56. The van der Waals surface area contributed by atoms with Crippen LogP contribution in [0.2, 0.25) is 0 Å². The van der Waals surface area contributed by atoms with E-state index in [0.29, 0.717) is 13.1 Å². The highest BCUT2D eigenvalue weighted by Gasteiger charge is 2.40. The molecule has 0 N–H and O–H groups in total. The van der Waals surface area contributed by atoms with E-state index < -0.39 is 28.1 Å². The Balaban J connectivity index is 1.56. The summed E-state index contributed by atoms with van der Waals surface area (Å²) in [4.78, 5) is 11.3. The quantitative estimate of drug-likeness (QED) is 0.583. The van der Waals surface area contributed by atoms with Crippen molar-refractivity contribution in [2.45, 2.75) is 49.1 Å². The Labute approximate surface area is 203 Å². The normalized spacial score (nSPS) is 24.4. The highest BCUT2D eigenvalue weighted by molar-refractivity contribution is 8.00. The van der Waals surface area contributed by atoms with E-state index in [0.717, 1.165) is 37.7 Å². The van der Waals surface area contributed by atoms with Gasteiger partial charge in [-0.3, -0.25) is 0 Å². The fraction of sp³-hybridized carbons (Fsp3) is 0.810. The van der Waals surface area contributed by atoms with Crippen LogP contribution in [0.1, 0.15) is 37.9 Å². The molecular formula is C21H32F3N5O3S2. The molecule has 1 saturated carbocycles. The molecule has 2 saturated heterocycles. The predicted molar refractivity (Wildman–Crippen MR) is 127 cm³/mol. The van der Waals surface area contributed by atoms with E-state index in [1.807, 2.05) is 16.7 Å². The predicted octanol–water partition coefficient (Wildman–Crippen LogP) is 2.85. The first-order chi connectivity index (χ1) is 16.0. The molecule has 3 fully saturated rings. The maximum absolute atomic E-state index is 13.7. The van der Waals surface area contributed by atoms with E-state index in [1.165, 1.54) is 10.7 Å². The second kappa shape index (κ2) is 9.98. The van der Waals surface area contributed by atoms with Gasteiger partial charge in [-0.25, -0.2) is 18.4 Å². The van der Waals surface area contributed by atoms with Crippen LogP contribution in [0.5, 0.6) is 0 Å². The zero-order valence-corrected chi connectivity index (χ0v) is 21.2. The molecule has 3 heterocycles. The standard InChI is InChI=1S/C21H32F3N5O3S2/c1-27(13-16-14-29(8-10-32-16)34(2,30)31)17-12-18(26-19(25-17)21(22,23)24)28-9-11-33-20(15-28)6-4-3-5-7-20/h12,16H,3-11,13-15H2,1-2H3. The summed E-state index contributed by atoms with van der Waals surface area (Å²) in [6.45, 7) is 2.19. The van der Waals surface area contributed by atoms with Crippen LogP contribution >= 0.6 is 11.8 Å². The molecule has 2 aliphatic heterocycles. The summed E-state index contributed by atoms with van der Waals surface area (Å²) in [5.74, 6) is 0.128. The summed E-state index contributed by atoms with van der Waals surface area (Å²) in [6.07, 6.45) is 1.66. The molecule has 1 aliphatic carbocycles. The Morgan fingerprint density at radius 1 is 1.24 bits per heavy atom. The van der Waals surface area contributed by atoms with Gasteiger partial charge in [0.05, 0.1) is 19.0 Å². The SMILES string of the molecule is CN(CC1CN(S(C)(=O)=O)CCO1)c1cc(N2CCSC3(CCCCC3)C2)nc(C(F)(F)F)n1. The fourth-order valence-corrected chi connectivity index (χ4v) is 7.36. The molecule has 8 nitrogen and oxygen atoms in total. The van der Waals surface area contributed by atoms with Crippen molar-refractivity contribution in [2.24, 2.45) is 0 Å². The number of aromatic nitrogens is 2. The van der Waals surface area contributed by atoms with Crippen LogP contribution in [0.15, 0.2) is 6.07 Å². The molecule has 3 aliphatic rings. The third-order valence-electron chi connectivity index (χ3n) is 6.73. The number of ether oxygens (including phenoxy) is 1. The van der Waals surface area contributed by atoms with Crippen molar-refractivity contribution in [1.82, 2.24) is 14.3 Å². The number of thioether (sulfide) groups is 1. The first-order valence-electron chi connectivity index (χ1n) is 11.6. The van der Waals surface area contributed by atoms with Crippen molar-refractivity contribution in [2.75, 3.05) is 68.2 Å². The van der Waals surface area contributed by atoms with Gasteiger partial charge in [0, 0.05) is 56.3 Å². The lowest BCUT2D eigenvalue weighted by Gasteiger charge is -2.45. The number of halogens is 3. The van der Waals surface area contributed by atoms with Gasteiger partial charge in [-0.2, -0.15) is 29.2 Å². The summed E-state index contributed by atoms with van der Waals surface area (Å²) in [6, 6.07) is 1.61. The van der Waals surface area contributed by atoms with Crippen LogP contribution in [-0.4, -0.2) is 91.9 Å². The smallest absolute Gasteiger partial charge is 0.374 e. The van der Waals surface area contributed by atoms with Gasteiger partial charge in [-0.15, -0.1) is 0 Å². The van der Waals surface area contributed by atoms with Crippen LogP contribution in [0.4, 0.5) is 24.8 Å². The van der Waals surface area contributed by atoms with Crippen molar-refractivity contribution in [3.63, 3.8) is 0 Å². The largest absolute Gasteiger partial charge is 0.451 e. The van der Waals surface area contributed by atoms with Crippen LogP contribution in [0, 0.1) is 0 Å². The Bertz CT molecular complexity index is 967. The minimum atomic E-state index is -4.67. The molecule has 1 aromatic heterocycles. The fourth-order valence-electron chi connectivity index (χ4n) is 4.95. The van der Waals surface area contributed by atoms with Gasteiger partial charge in [0.1, 0.15) is 11.6 Å². The number of sulfonamides is 1. The molecule has 1 spiro atoms. The van der Waals surface area contributed by atoms with Crippen LogP contribution in [0.25, 0.3) is 0 Å². The molecule has 1 unspecified atom stereocenters. The first-order valence-corrected chi connectivity index (χ1v) is 14.4. The number of rotatable bonds is 5. The summed E-state index contributed by atoms with van der Waals surface area (Å²) < 4.78 is 72.0. The Morgan fingerprint density at radius 3 is 2.65 bits per heavy atom. The van der Waals surface area contributed by atoms with Gasteiger partial charge in [0.2, 0.25) is 15.8 Å². The number of likely N-dealkylation sites (N-methyl/N-ethyl adjacent to an activating group) is 1. The summed E-state index contributed by atoms with van der Waals surface area (Å²) in [7, 11) is -1.73. The Morgan fingerprint density at radius 2 is 1.97 bits per heavy atom. The zero-order chi connectivity index (χ0) is 24.6. The van der Waals surface area contributed by atoms with Gasteiger partial charge in [0.25, 0.3) is 0 Å². The lowest BCUT2D eigenvalue weighted by molar-refractivity contribution is -0.144. The molecular weight excluding hydrogens is 491 g/mol. The maximum atomic E-state index is 13.7. The molecule has 0 aromatic carbocycles. The molecule has 192 valence electrons. The zero-order valence-electron chi connectivity index (χ0n) is 19.6. The number of morpholine rings is 1. The molecule has 0 radical (unpaired) electrons. The Hall–Kier alpha value is -1.31. The van der Waals surface area contributed by atoms with Crippen LogP contribution in [-0.2, 0) is 20.9 Å². The molecule has 1 atom stereocenters. The van der Waals surface area contributed by atoms with E-state index in [-0.39, 0.29) is 42.6 Å². The third kappa shape index (κ3) is 6.08. The molecule has 0 bridgehead atoms. The first kappa shape index (κ1) is 25.8. The topological polar surface area (TPSA) is 78.9 Å². The van der Waals surface area contributed by atoms with Gasteiger partial charge in [-0.05, 0) is 12.8 Å². The van der Waals surface area contributed by atoms with E-state index in [2.05, 4.69) is 9.97 Å². The average molecular weight is 524 g/mol. The molecule has 13 heteroatoms. The number of nitrogens with zero attached hydrogens (tertiary/aromatic N) is 5. The maximum Gasteiger partial charge on any atom is 0.451 e. The van der Waals surface area contributed by atoms with Crippen molar-refractivity contribution in [1.29, 1.82) is 0 Å². The molecule has 1 aromatic rings. The summed E-state index contributed by atoms with van der Waals surface area (Å²) in [5, 5.41) is 0. The van der Waals surface area contributed by atoms with Gasteiger partial charge >= 0.3 is 6.18 Å². The summed E-state index contributed by atoms with van der Waals surface area (Å²) in [5.41, 5.74) is 0. The highest BCUT2D eigenvalue weighted by Crippen LogP contribution is 2.44. The monoisotopic (exact) mass is 523 g/mol. The van der Waals surface area contributed by atoms with E-state index in [9.17, 15) is 21.6 Å². The van der Waals surface area contributed by atoms with Crippen LogP contribution in [0.3, 0.4) is 0 Å². The van der Waals surface area contributed by atoms with E-state index in [4.69, 9.17) is 4.74 Å². The minimum Gasteiger partial charge on any atom is -0.374 e. The minimum absolute atomic E-state index is 0.0803. The van der Waals surface area contributed by atoms with Gasteiger partial charge < -0.3 is 14.5 Å². The number of alkyl halides is 3. The number of anilines is 2. The second-order valence-electron chi connectivity index (χ2n) is 9.41. The van der Waals surface area contributed by atoms with Crippen LogP contribution < -0.4 is 9.80 Å². The molecule has 34 heavy (non-hydrogen) atoms. The number of hydrogen-bond donors (Lipinski definition) is 0. The third-order valence-corrected chi connectivity index (χ3v) is 9.54. The van der Waals surface area contributed by atoms with E-state index >= 15 is 0 Å². The van der Waals surface area contributed by atoms with Crippen molar-refractivity contribution in [3.05, 3.63) is 11.9 Å². The summed E-state index contributed by atoms with van der Waals surface area (Å²) >= 11 is 1.94.